The zero-order valence-corrected chi connectivity index (χ0v) is 13.4. The van der Waals surface area contributed by atoms with Crippen LogP contribution in [0, 0.1) is 0 Å². The first kappa shape index (κ1) is 18.4. The smallest absolute Gasteiger partial charge is 0.379 e. The minimum atomic E-state index is -4.99. The highest BCUT2D eigenvalue weighted by Gasteiger charge is 2.56. The lowest BCUT2D eigenvalue weighted by molar-refractivity contribution is -0.262. The van der Waals surface area contributed by atoms with Gasteiger partial charge < -0.3 is 15.4 Å². The molecule has 0 amide bonds. The quantitative estimate of drug-likeness (QED) is 0.841. The Kier molecular flexibility index (Phi) is 4.46. The number of nitrogens with two attached hydrogens (primary N) is 1. The predicted molar refractivity (Wildman–Crippen MR) is 76.5 cm³/mol. The normalized spacial score (nSPS) is 16.6. The van der Waals surface area contributed by atoms with E-state index in [0.717, 1.165) is 6.26 Å². The molecule has 0 aliphatic heterocycles. The molecule has 0 saturated carbocycles. The first-order valence-electron chi connectivity index (χ1n) is 6.53. The SMILES string of the molecule is CC(O)(C(N)c1nc(-c2ccc(S(C)(=O)=O)cc2)no1)C(F)(F)F. The van der Waals surface area contributed by atoms with Crippen LogP contribution in [0.3, 0.4) is 0 Å². The Labute approximate surface area is 135 Å². The number of aromatic nitrogens is 2. The van der Waals surface area contributed by atoms with Gasteiger partial charge in [0.25, 0.3) is 0 Å². The van der Waals surface area contributed by atoms with E-state index in [9.17, 15) is 26.7 Å². The lowest BCUT2D eigenvalue weighted by Gasteiger charge is -2.29. The Morgan fingerprint density at radius 2 is 1.79 bits per heavy atom. The van der Waals surface area contributed by atoms with E-state index < -0.39 is 33.5 Å². The number of sulfone groups is 1. The van der Waals surface area contributed by atoms with Crippen LogP contribution < -0.4 is 5.73 Å². The van der Waals surface area contributed by atoms with Crippen molar-refractivity contribution in [2.24, 2.45) is 5.73 Å². The summed E-state index contributed by atoms with van der Waals surface area (Å²) in [5, 5.41) is 13.0. The molecule has 2 unspecified atom stereocenters. The summed E-state index contributed by atoms with van der Waals surface area (Å²) < 4.78 is 65.8. The maximum atomic E-state index is 12.8. The monoisotopic (exact) mass is 365 g/mol. The number of hydrogen-bond donors (Lipinski definition) is 2. The fraction of sp³-hybridized carbons (Fsp3) is 0.385. The van der Waals surface area contributed by atoms with Crippen molar-refractivity contribution in [2.45, 2.75) is 29.6 Å². The highest BCUT2D eigenvalue weighted by molar-refractivity contribution is 7.90. The van der Waals surface area contributed by atoms with E-state index in [1.54, 1.807) is 0 Å². The van der Waals surface area contributed by atoms with E-state index >= 15 is 0 Å². The van der Waals surface area contributed by atoms with Crippen LogP contribution in [0.5, 0.6) is 0 Å². The average Bonchev–Trinajstić information content (AvgIpc) is 2.94. The van der Waals surface area contributed by atoms with Gasteiger partial charge in [-0.1, -0.05) is 5.16 Å². The molecule has 0 aliphatic rings. The third-order valence-electron chi connectivity index (χ3n) is 3.43. The minimum absolute atomic E-state index is 0.0617. The summed E-state index contributed by atoms with van der Waals surface area (Å²) in [7, 11) is -3.39. The maximum Gasteiger partial charge on any atom is 0.418 e. The Bertz CT molecular complexity index is 829. The van der Waals surface area contributed by atoms with Crippen molar-refractivity contribution < 1.29 is 31.2 Å². The Morgan fingerprint density at radius 1 is 1.25 bits per heavy atom. The van der Waals surface area contributed by atoms with Crippen molar-refractivity contribution in [3.63, 3.8) is 0 Å². The lowest BCUT2D eigenvalue weighted by atomic mass is 9.96. The predicted octanol–water partition coefficient (Wildman–Crippen LogP) is 1.45. The molecule has 2 rings (SSSR count). The minimum Gasteiger partial charge on any atom is -0.379 e. The number of hydrogen-bond acceptors (Lipinski definition) is 7. The molecule has 0 radical (unpaired) electrons. The van der Waals surface area contributed by atoms with Crippen LogP contribution in [-0.4, -0.2) is 41.7 Å². The second kappa shape index (κ2) is 5.83. The van der Waals surface area contributed by atoms with Gasteiger partial charge in [0.2, 0.25) is 11.7 Å². The number of nitrogens with zero attached hydrogens (tertiary/aromatic N) is 2. The summed E-state index contributed by atoms with van der Waals surface area (Å²) in [6, 6.07) is 3.37. The van der Waals surface area contributed by atoms with Gasteiger partial charge in [-0.25, -0.2) is 8.42 Å². The first-order valence-corrected chi connectivity index (χ1v) is 8.42. The molecular weight excluding hydrogens is 351 g/mol. The van der Waals surface area contributed by atoms with Gasteiger partial charge in [0, 0.05) is 11.8 Å². The second-order valence-corrected chi connectivity index (χ2v) is 7.39. The summed E-state index contributed by atoms with van der Waals surface area (Å²) in [4.78, 5) is 3.80. The standard InChI is InChI=1S/C13H14F3N3O4S/c1-12(20,13(14,15)16)9(17)11-18-10(19-23-11)7-3-5-8(6-4-7)24(2,21)22/h3-6,9,20H,17H2,1-2H3. The van der Waals surface area contributed by atoms with Crippen LogP contribution in [0.25, 0.3) is 11.4 Å². The van der Waals surface area contributed by atoms with E-state index in [0.29, 0.717) is 12.5 Å². The number of alkyl halides is 3. The van der Waals surface area contributed by atoms with Crippen molar-refractivity contribution in [3.05, 3.63) is 30.2 Å². The number of benzene rings is 1. The maximum absolute atomic E-state index is 12.8. The molecule has 132 valence electrons. The Hall–Kier alpha value is -1.98. The topological polar surface area (TPSA) is 119 Å². The molecule has 1 aromatic heterocycles. The van der Waals surface area contributed by atoms with Gasteiger partial charge in [-0.2, -0.15) is 18.2 Å². The van der Waals surface area contributed by atoms with Gasteiger partial charge in [-0.3, -0.25) is 0 Å². The van der Waals surface area contributed by atoms with Crippen LogP contribution in [0.4, 0.5) is 13.2 Å². The molecule has 0 bridgehead atoms. The van der Waals surface area contributed by atoms with Crippen molar-refractivity contribution in [1.82, 2.24) is 10.1 Å². The Balaban J connectivity index is 2.31. The molecule has 3 N–H and O–H groups in total. The number of rotatable bonds is 4. The van der Waals surface area contributed by atoms with Gasteiger partial charge in [0.05, 0.1) is 4.90 Å². The van der Waals surface area contributed by atoms with E-state index in [1.165, 1.54) is 24.3 Å². The zero-order valence-electron chi connectivity index (χ0n) is 12.6. The van der Waals surface area contributed by atoms with E-state index in [2.05, 4.69) is 10.1 Å². The summed E-state index contributed by atoms with van der Waals surface area (Å²) in [6.07, 6.45) is -3.95. The molecular formula is C13H14F3N3O4S. The fourth-order valence-corrected chi connectivity index (χ4v) is 2.38. The summed E-state index contributed by atoms with van der Waals surface area (Å²) in [5.41, 5.74) is 2.45. The molecule has 1 aromatic carbocycles. The average molecular weight is 365 g/mol. The molecule has 2 atom stereocenters. The molecule has 2 aromatic rings. The van der Waals surface area contributed by atoms with E-state index in [-0.39, 0.29) is 10.7 Å². The van der Waals surface area contributed by atoms with E-state index in [1.807, 2.05) is 0 Å². The molecule has 0 aliphatic carbocycles. The fourth-order valence-electron chi connectivity index (χ4n) is 1.75. The van der Waals surface area contributed by atoms with Crippen LogP contribution in [0.15, 0.2) is 33.7 Å². The van der Waals surface area contributed by atoms with Crippen molar-refractivity contribution in [3.8, 4) is 11.4 Å². The van der Waals surface area contributed by atoms with Gasteiger partial charge >= 0.3 is 6.18 Å². The van der Waals surface area contributed by atoms with Crippen LogP contribution >= 0.6 is 0 Å². The van der Waals surface area contributed by atoms with Crippen molar-refractivity contribution >= 4 is 9.84 Å². The molecule has 0 spiro atoms. The van der Waals surface area contributed by atoms with Crippen molar-refractivity contribution in [1.29, 1.82) is 0 Å². The molecule has 24 heavy (non-hydrogen) atoms. The number of aliphatic hydroxyl groups is 1. The third-order valence-corrected chi connectivity index (χ3v) is 4.56. The highest BCUT2D eigenvalue weighted by Crippen LogP contribution is 2.38. The van der Waals surface area contributed by atoms with E-state index in [4.69, 9.17) is 10.3 Å². The second-order valence-electron chi connectivity index (χ2n) is 5.38. The van der Waals surface area contributed by atoms with Crippen LogP contribution in [0.1, 0.15) is 18.9 Å². The van der Waals surface area contributed by atoms with Crippen molar-refractivity contribution in [2.75, 3.05) is 6.26 Å². The molecule has 11 heteroatoms. The van der Waals surface area contributed by atoms with Gasteiger partial charge in [-0.05, 0) is 31.2 Å². The van der Waals surface area contributed by atoms with Crippen LogP contribution in [-0.2, 0) is 9.84 Å². The van der Waals surface area contributed by atoms with Gasteiger partial charge in [0.15, 0.2) is 15.4 Å². The van der Waals surface area contributed by atoms with Gasteiger partial charge in [-0.15, -0.1) is 0 Å². The first-order chi connectivity index (χ1) is 10.8. The van der Waals surface area contributed by atoms with Crippen LogP contribution in [0.2, 0.25) is 0 Å². The Morgan fingerprint density at radius 3 is 2.25 bits per heavy atom. The molecule has 1 heterocycles. The molecule has 0 saturated heterocycles. The summed E-state index contributed by atoms with van der Waals surface area (Å²) >= 11 is 0. The molecule has 0 fully saturated rings. The zero-order chi connectivity index (χ0) is 18.3. The summed E-state index contributed by atoms with van der Waals surface area (Å²) in [5.74, 6) is -0.682. The molecule has 7 nitrogen and oxygen atoms in total. The summed E-state index contributed by atoms with van der Waals surface area (Å²) in [6.45, 7) is 0.502. The van der Waals surface area contributed by atoms with Gasteiger partial charge in [0.1, 0.15) is 6.04 Å². The highest BCUT2D eigenvalue weighted by atomic mass is 32.2. The lowest BCUT2D eigenvalue weighted by Crippen LogP contribution is -2.50. The third kappa shape index (κ3) is 3.42. The largest absolute Gasteiger partial charge is 0.418 e. The number of halogens is 3.